The van der Waals surface area contributed by atoms with Gasteiger partial charge in [-0.15, -0.1) is 11.3 Å². The molecule has 4 heterocycles. The molecule has 1 saturated heterocycles. The van der Waals surface area contributed by atoms with Crippen molar-refractivity contribution in [3.63, 3.8) is 0 Å². The number of nitrogens with one attached hydrogen (secondary N) is 1. The van der Waals surface area contributed by atoms with Gasteiger partial charge in [0.2, 0.25) is 5.95 Å². The van der Waals surface area contributed by atoms with E-state index in [1.165, 1.54) is 0 Å². The summed E-state index contributed by atoms with van der Waals surface area (Å²) in [7, 11) is 1.66. The summed E-state index contributed by atoms with van der Waals surface area (Å²) in [5, 5.41) is 16.7. The Labute approximate surface area is 247 Å². The zero-order chi connectivity index (χ0) is 28.2. The number of piperidine rings is 1. The largest absolute Gasteiger partial charge is 0.497 e. The first kappa shape index (κ1) is 27.5. The number of aromatic nitrogens is 4. The van der Waals surface area contributed by atoms with Crippen LogP contribution in [0, 0.1) is 0 Å². The van der Waals surface area contributed by atoms with Crippen LogP contribution in [0.2, 0.25) is 5.02 Å². The van der Waals surface area contributed by atoms with Crippen LogP contribution in [0.3, 0.4) is 0 Å². The molecular formula is C30H31ClN6O3S. The Morgan fingerprint density at radius 2 is 1.93 bits per heavy atom. The Balaban J connectivity index is 1.09. The lowest BCUT2D eigenvalue weighted by molar-refractivity contribution is 0.0604. The molecule has 6 rings (SSSR count). The molecule has 5 aromatic rings. The third kappa shape index (κ3) is 6.46. The number of hydrogen-bond donors (Lipinski definition) is 2. The average molecular weight is 591 g/mol. The van der Waals surface area contributed by atoms with Crippen molar-refractivity contribution in [2.45, 2.75) is 25.0 Å². The predicted octanol–water partition coefficient (Wildman–Crippen LogP) is 5.50. The number of nitrogens with zero attached hydrogens (tertiary/aromatic N) is 5. The van der Waals surface area contributed by atoms with Crippen molar-refractivity contribution in [1.29, 1.82) is 0 Å². The van der Waals surface area contributed by atoms with Crippen LogP contribution in [0.15, 0.2) is 72.4 Å². The molecule has 0 aliphatic carbocycles. The van der Waals surface area contributed by atoms with E-state index in [0.29, 0.717) is 23.3 Å². The van der Waals surface area contributed by atoms with Crippen LogP contribution in [0.4, 0.5) is 5.95 Å². The second-order valence-corrected chi connectivity index (χ2v) is 11.3. The van der Waals surface area contributed by atoms with Crippen LogP contribution in [0.1, 0.15) is 12.8 Å². The van der Waals surface area contributed by atoms with Gasteiger partial charge >= 0.3 is 0 Å². The standard InChI is InChI=1S/C30H31ClN6O3S/c1-39-25-4-2-3-20(17-25)27-28(37-15-16-41-30(37)35-27)26-9-12-32-29(34-26)33-22-10-13-36(14-11-22)18-23(38)19-40-24-7-5-21(31)6-8-24/h2-9,12,15-17,22-23,38H,10-11,13-14,18-19H2,1H3,(H,32,33,34). The summed E-state index contributed by atoms with van der Waals surface area (Å²) in [6, 6.07) is 17.2. The van der Waals surface area contributed by atoms with Gasteiger partial charge in [0.05, 0.1) is 18.5 Å². The summed E-state index contributed by atoms with van der Waals surface area (Å²) in [5.74, 6) is 2.08. The van der Waals surface area contributed by atoms with Gasteiger partial charge in [0.25, 0.3) is 0 Å². The smallest absolute Gasteiger partial charge is 0.223 e. The number of benzene rings is 2. The fourth-order valence-electron chi connectivity index (χ4n) is 5.08. The number of halogens is 1. The molecule has 9 nitrogen and oxygen atoms in total. The fraction of sp³-hybridized carbons (Fsp3) is 0.300. The average Bonchev–Trinajstić information content (AvgIpc) is 3.60. The minimum atomic E-state index is -0.571. The predicted molar refractivity (Wildman–Crippen MR) is 162 cm³/mol. The van der Waals surface area contributed by atoms with Gasteiger partial charge in [-0.25, -0.2) is 15.0 Å². The van der Waals surface area contributed by atoms with Gasteiger partial charge < -0.3 is 24.8 Å². The Morgan fingerprint density at radius 1 is 1.10 bits per heavy atom. The maximum Gasteiger partial charge on any atom is 0.223 e. The van der Waals surface area contributed by atoms with Crippen LogP contribution < -0.4 is 14.8 Å². The summed E-state index contributed by atoms with van der Waals surface area (Å²) < 4.78 is 13.2. The van der Waals surface area contributed by atoms with Crippen LogP contribution in [0.5, 0.6) is 11.5 Å². The topological polar surface area (TPSA) is 97.0 Å². The lowest BCUT2D eigenvalue weighted by Gasteiger charge is -2.33. The minimum absolute atomic E-state index is 0.240. The zero-order valence-corrected chi connectivity index (χ0v) is 24.2. The van der Waals surface area contributed by atoms with Crippen molar-refractivity contribution in [1.82, 2.24) is 24.3 Å². The first-order valence-corrected chi connectivity index (χ1v) is 14.8. The first-order valence-electron chi connectivity index (χ1n) is 13.5. The van der Waals surface area contributed by atoms with E-state index in [2.05, 4.69) is 19.6 Å². The molecule has 0 spiro atoms. The maximum absolute atomic E-state index is 10.5. The SMILES string of the molecule is COc1cccc(-c2nc3sccn3c2-c2ccnc(NC3CCN(CC(O)COc4ccc(Cl)cc4)CC3)n2)c1. The molecule has 212 valence electrons. The maximum atomic E-state index is 10.5. The summed E-state index contributed by atoms with van der Waals surface area (Å²) >= 11 is 7.51. The van der Waals surface area contributed by atoms with Gasteiger partial charge in [0.15, 0.2) is 4.96 Å². The molecule has 0 bridgehead atoms. The molecule has 2 N–H and O–H groups in total. The quantitative estimate of drug-likeness (QED) is 0.220. The first-order chi connectivity index (χ1) is 20.1. The van der Waals surface area contributed by atoms with E-state index in [1.807, 2.05) is 41.9 Å². The van der Waals surface area contributed by atoms with E-state index in [-0.39, 0.29) is 12.6 Å². The molecule has 0 radical (unpaired) electrons. The molecule has 0 saturated carbocycles. The van der Waals surface area contributed by atoms with E-state index in [4.69, 9.17) is 31.0 Å². The van der Waals surface area contributed by atoms with E-state index >= 15 is 0 Å². The molecule has 1 unspecified atom stereocenters. The van der Waals surface area contributed by atoms with Crippen molar-refractivity contribution in [2.75, 3.05) is 38.7 Å². The Morgan fingerprint density at radius 3 is 2.73 bits per heavy atom. The lowest BCUT2D eigenvalue weighted by atomic mass is 10.0. The van der Waals surface area contributed by atoms with Gasteiger partial charge in [-0.3, -0.25) is 4.40 Å². The van der Waals surface area contributed by atoms with Crippen molar-refractivity contribution in [3.05, 3.63) is 77.4 Å². The Kier molecular flexibility index (Phi) is 8.33. The van der Waals surface area contributed by atoms with Crippen molar-refractivity contribution in [3.8, 4) is 34.1 Å². The van der Waals surface area contributed by atoms with Crippen LogP contribution in [0.25, 0.3) is 27.6 Å². The number of ether oxygens (including phenoxy) is 2. The molecule has 0 amide bonds. The van der Waals surface area contributed by atoms with Gasteiger partial charge in [-0.2, -0.15) is 0 Å². The summed E-state index contributed by atoms with van der Waals surface area (Å²) in [4.78, 5) is 17.5. The normalized spacial score (nSPS) is 15.2. The number of aliphatic hydroxyl groups is 1. The van der Waals surface area contributed by atoms with Gasteiger partial charge in [-0.1, -0.05) is 23.7 Å². The van der Waals surface area contributed by atoms with Crippen molar-refractivity contribution in [2.24, 2.45) is 0 Å². The van der Waals surface area contributed by atoms with Crippen LogP contribution in [-0.2, 0) is 0 Å². The number of aliphatic hydroxyl groups excluding tert-OH is 1. The van der Waals surface area contributed by atoms with E-state index < -0.39 is 6.10 Å². The number of anilines is 1. The Bertz CT molecular complexity index is 1600. The third-order valence-corrected chi connectivity index (χ3v) is 8.16. The van der Waals surface area contributed by atoms with Crippen molar-refractivity contribution >= 4 is 33.8 Å². The second-order valence-electron chi connectivity index (χ2n) is 10.0. The summed E-state index contributed by atoms with van der Waals surface area (Å²) in [5.41, 5.74) is 3.54. The highest BCUT2D eigenvalue weighted by Gasteiger charge is 2.23. The summed E-state index contributed by atoms with van der Waals surface area (Å²) in [6.45, 7) is 2.54. The van der Waals surface area contributed by atoms with Gasteiger partial charge in [0.1, 0.15) is 29.9 Å². The third-order valence-electron chi connectivity index (χ3n) is 7.15. The summed E-state index contributed by atoms with van der Waals surface area (Å²) in [6.07, 6.45) is 5.09. The zero-order valence-electron chi connectivity index (χ0n) is 22.6. The molecule has 1 aliphatic heterocycles. The second kappa shape index (κ2) is 12.4. The molecule has 1 atom stereocenters. The van der Waals surface area contributed by atoms with Crippen LogP contribution >= 0.6 is 22.9 Å². The molecule has 41 heavy (non-hydrogen) atoms. The number of hydrogen-bond acceptors (Lipinski definition) is 9. The molecule has 11 heteroatoms. The number of likely N-dealkylation sites (tertiary alicyclic amines) is 1. The molecule has 2 aromatic carbocycles. The molecule has 1 fully saturated rings. The van der Waals surface area contributed by atoms with E-state index in [1.54, 1.807) is 48.9 Å². The molecular weight excluding hydrogens is 560 g/mol. The highest BCUT2D eigenvalue weighted by molar-refractivity contribution is 7.15. The van der Waals surface area contributed by atoms with Crippen LogP contribution in [-0.4, -0.2) is 74.9 Å². The number of methoxy groups -OCH3 is 1. The van der Waals surface area contributed by atoms with Gasteiger partial charge in [-0.05, 0) is 55.3 Å². The van der Waals surface area contributed by atoms with E-state index in [9.17, 15) is 5.11 Å². The highest BCUT2D eigenvalue weighted by atomic mass is 35.5. The van der Waals surface area contributed by atoms with E-state index in [0.717, 1.165) is 59.3 Å². The number of fused-ring (bicyclic) bond motifs is 1. The van der Waals surface area contributed by atoms with Gasteiger partial charge in [0, 0.05) is 54.0 Å². The monoisotopic (exact) mass is 590 g/mol. The number of thiazole rings is 1. The Hall–Kier alpha value is -3.70. The number of rotatable bonds is 10. The number of imidazole rings is 1. The van der Waals surface area contributed by atoms with Crippen molar-refractivity contribution < 1.29 is 14.6 Å². The lowest BCUT2D eigenvalue weighted by Crippen LogP contribution is -2.43. The highest BCUT2D eigenvalue weighted by Crippen LogP contribution is 2.35. The number of β-amino-alcohol motifs (C(OH)–C–C–N with tert-alkyl or cyclic N) is 1. The minimum Gasteiger partial charge on any atom is -0.497 e. The fourth-order valence-corrected chi connectivity index (χ4v) is 5.92. The molecule has 3 aromatic heterocycles. The molecule has 1 aliphatic rings.